The van der Waals surface area contributed by atoms with Crippen LogP contribution in [0.5, 0.6) is 0 Å². The van der Waals surface area contributed by atoms with Crippen molar-refractivity contribution < 1.29 is 0 Å². The molecule has 1 heteroatoms. The highest BCUT2D eigenvalue weighted by atomic mass is 15.1. The molecule has 0 aromatic heterocycles. The first-order valence-corrected chi connectivity index (χ1v) is 21.1. The van der Waals surface area contributed by atoms with Crippen LogP contribution in [-0.2, 0) is 10.8 Å². The molecule has 0 aliphatic heterocycles. The number of benzene rings is 10. The summed E-state index contributed by atoms with van der Waals surface area (Å²) in [6.07, 6.45) is 0. The van der Waals surface area contributed by atoms with Gasteiger partial charge in [-0.2, -0.15) is 0 Å². The highest BCUT2D eigenvalue weighted by Crippen LogP contribution is 2.50. The molecule has 288 valence electrons. The molecule has 0 saturated carbocycles. The summed E-state index contributed by atoms with van der Waals surface area (Å²) in [5, 5.41) is 12.9. The smallest absolute Gasteiger partial charge is 0.0618 e. The molecule has 0 heterocycles. The number of fused-ring (bicyclic) bond motifs is 2. The molecule has 0 aliphatic rings. The zero-order chi connectivity index (χ0) is 40.8. The van der Waals surface area contributed by atoms with Gasteiger partial charge in [0.1, 0.15) is 0 Å². The third kappa shape index (κ3) is 6.23. The maximum atomic E-state index is 2.49. The first-order chi connectivity index (χ1) is 28.3. The minimum atomic E-state index is 0.00464. The SMILES string of the molecule is Cc1ccc(N(c2ccccc2)c2c3ccccc3c(-c3cc(C)cc(-c4cc5cc(C(C)(C)C)cc6ccc7cc(C(C)(C)C)cc4c7c65)c3)c3ccccc23)cc1. The summed E-state index contributed by atoms with van der Waals surface area (Å²) in [5.41, 5.74) is 13.8. The Bertz CT molecular complexity index is 3170. The monoisotopic (exact) mass is 761 g/mol. The Morgan fingerprint density at radius 3 is 1.49 bits per heavy atom. The molecule has 1 nitrogen and oxygen atoms in total. The Morgan fingerprint density at radius 2 is 0.881 bits per heavy atom. The Morgan fingerprint density at radius 1 is 0.373 bits per heavy atom. The predicted octanol–water partition coefficient (Wildman–Crippen LogP) is 16.9. The predicted molar refractivity (Wildman–Crippen MR) is 258 cm³/mol. The zero-order valence-corrected chi connectivity index (χ0v) is 35.5. The van der Waals surface area contributed by atoms with E-state index in [0.29, 0.717) is 0 Å². The fourth-order valence-corrected chi connectivity index (χ4v) is 9.45. The molecule has 0 atom stereocenters. The summed E-state index contributed by atoms with van der Waals surface area (Å²) in [6.45, 7) is 18.4. The van der Waals surface area contributed by atoms with Crippen LogP contribution in [-0.4, -0.2) is 0 Å². The maximum Gasteiger partial charge on any atom is 0.0618 e. The van der Waals surface area contributed by atoms with E-state index in [1.807, 2.05) is 0 Å². The van der Waals surface area contributed by atoms with Gasteiger partial charge < -0.3 is 4.90 Å². The summed E-state index contributed by atoms with van der Waals surface area (Å²) in [6, 6.07) is 62.0. The molecule has 59 heavy (non-hydrogen) atoms. The number of aryl methyl sites for hydroxylation is 2. The molecule has 0 bridgehead atoms. The second kappa shape index (κ2) is 13.6. The van der Waals surface area contributed by atoms with Crippen LogP contribution in [0.4, 0.5) is 17.1 Å². The van der Waals surface area contributed by atoms with Crippen molar-refractivity contribution >= 4 is 70.9 Å². The molecule has 0 saturated heterocycles. The first kappa shape index (κ1) is 36.9. The summed E-state index contributed by atoms with van der Waals surface area (Å²) in [5.74, 6) is 0. The van der Waals surface area contributed by atoms with Crippen LogP contribution in [0.1, 0.15) is 63.8 Å². The number of hydrogen-bond acceptors (Lipinski definition) is 1. The van der Waals surface area contributed by atoms with Crippen molar-refractivity contribution in [2.45, 2.75) is 66.2 Å². The van der Waals surface area contributed by atoms with Gasteiger partial charge in [0.05, 0.1) is 5.69 Å². The van der Waals surface area contributed by atoms with Gasteiger partial charge in [-0.25, -0.2) is 0 Å². The molecule has 0 aliphatic carbocycles. The van der Waals surface area contributed by atoms with Crippen LogP contribution in [0.15, 0.2) is 164 Å². The van der Waals surface area contributed by atoms with Crippen molar-refractivity contribution in [1.29, 1.82) is 0 Å². The van der Waals surface area contributed by atoms with Gasteiger partial charge in [0.2, 0.25) is 0 Å². The average molecular weight is 762 g/mol. The molecule has 10 rings (SSSR count). The van der Waals surface area contributed by atoms with E-state index in [1.165, 1.54) is 104 Å². The highest BCUT2D eigenvalue weighted by molar-refractivity contribution is 6.27. The van der Waals surface area contributed by atoms with Crippen molar-refractivity contribution in [3.05, 3.63) is 186 Å². The van der Waals surface area contributed by atoms with Crippen LogP contribution < -0.4 is 4.90 Å². The van der Waals surface area contributed by atoms with E-state index < -0.39 is 0 Å². The van der Waals surface area contributed by atoms with Gasteiger partial charge in [-0.15, -0.1) is 0 Å². The Balaban J connectivity index is 1.28. The quantitative estimate of drug-likeness (QED) is 0.125. The van der Waals surface area contributed by atoms with E-state index in [-0.39, 0.29) is 10.8 Å². The van der Waals surface area contributed by atoms with E-state index in [1.54, 1.807) is 0 Å². The summed E-state index contributed by atoms with van der Waals surface area (Å²) in [7, 11) is 0. The van der Waals surface area contributed by atoms with Crippen molar-refractivity contribution in [2.24, 2.45) is 0 Å². The van der Waals surface area contributed by atoms with Crippen molar-refractivity contribution in [1.82, 2.24) is 0 Å². The number of anilines is 3. The van der Waals surface area contributed by atoms with E-state index >= 15 is 0 Å². The first-order valence-electron chi connectivity index (χ1n) is 21.1. The molecule has 0 spiro atoms. The second-order valence-corrected chi connectivity index (χ2v) is 18.8. The zero-order valence-electron chi connectivity index (χ0n) is 35.5. The molecular formula is C58H51N. The number of hydrogen-bond donors (Lipinski definition) is 0. The topological polar surface area (TPSA) is 3.24 Å². The number of rotatable bonds is 5. The third-order valence-corrected chi connectivity index (χ3v) is 12.5. The molecule has 0 unspecified atom stereocenters. The average Bonchev–Trinajstić information content (AvgIpc) is 3.22. The van der Waals surface area contributed by atoms with Crippen LogP contribution in [0.25, 0.3) is 76.1 Å². The van der Waals surface area contributed by atoms with Crippen LogP contribution in [0.3, 0.4) is 0 Å². The molecular weight excluding hydrogens is 711 g/mol. The van der Waals surface area contributed by atoms with Gasteiger partial charge in [0.25, 0.3) is 0 Å². The highest BCUT2D eigenvalue weighted by Gasteiger charge is 2.25. The van der Waals surface area contributed by atoms with Crippen LogP contribution in [0, 0.1) is 13.8 Å². The lowest BCUT2D eigenvalue weighted by atomic mass is 9.79. The molecule has 10 aromatic rings. The van der Waals surface area contributed by atoms with Crippen molar-refractivity contribution in [2.75, 3.05) is 4.90 Å². The standard InChI is InChI=1S/C58H51N/c1-36-22-26-46(27-23-36)59(45-16-10-9-11-17-45)56-49-20-14-12-18-47(49)54(48-19-13-15-21-50(48)56)41-29-37(2)28-40(30-41)51-34-42-33-43(57(3,4)5)31-38-24-25-39-32-44(58(6,7)8)35-52(51)55(39)53(38)42/h9-35H,1-8H3. The van der Waals surface area contributed by atoms with Gasteiger partial charge in [0, 0.05) is 22.1 Å². The second-order valence-electron chi connectivity index (χ2n) is 18.8. The van der Waals surface area contributed by atoms with Crippen molar-refractivity contribution in [3.8, 4) is 22.3 Å². The van der Waals surface area contributed by atoms with E-state index in [9.17, 15) is 0 Å². The fraction of sp³-hybridized carbons (Fsp3) is 0.172. The van der Waals surface area contributed by atoms with E-state index in [4.69, 9.17) is 0 Å². The van der Waals surface area contributed by atoms with Gasteiger partial charge >= 0.3 is 0 Å². The lowest BCUT2D eigenvalue weighted by Crippen LogP contribution is -2.12. The largest absolute Gasteiger partial charge is 0.309 e. The van der Waals surface area contributed by atoms with Gasteiger partial charge in [-0.05, 0) is 149 Å². The molecule has 0 fully saturated rings. The summed E-state index contributed by atoms with van der Waals surface area (Å²) >= 11 is 0. The molecule has 0 N–H and O–H groups in total. The number of nitrogens with zero attached hydrogens (tertiary/aromatic N) is 1. The van der Waals surface area contributed by atoms with Crippen LogP contribution >= 0.6 is 0 Å². The van der Waals surface area contributed by atoms with Gasteiger partial charge in [-0.3, -0.25) is 0 Å². The van der Waals surface area contributed by atoms with Gasteiger partial charge in [-0.1, -0.05) is 168 Å². The minimum absolute atomic E-state index is 0.00464. The fourth-order valence-electron chi connectivity index (χ4n) is 9.45. The lowest BCUT2D eigenvalue weighted by molar-refractivity contribution is 0.591. The Hall–Kier alpha value is -6.44. The van der Waals surface area contributed by atoms with Gasteiger partial charge in [0.15, 0.2) is 0 Å². The Kier molecular flexibility index (Phi) is 8.48. The third-order valence-electron chi connectivity index (χ3n) is 12.5. The normalized spacial score (nSPS) is 12.4. The van der Waals surface area contributed by atoms with E-state index in [2.05, 4.69) is 224 Å². The lowest BCUT2D eigenvalue weighted by Gasteiger charge is -2.29. The maximum absolute atomic E-state index is 2.49. The number of para-hydroxylation sites is 1. The van der Waals surface area contributed by atoms with Crippen LogP contribution in [0.2, 0.25) is 0 Å². The molecule has 10 aromatic carbocycles. The van der Waals surface area contributed by atoms with E-state index in [0.717, 1.165) is 11.4 Å². The summed E-state index contributed by atoms with van der Waals surface area (Å²) in [4.78, 5) is 2.44. The summed E-state index contributed by atoms with van der Waals surface area (Å²) < 4.78 is 0. The van der Waals surface area contributed by atoms with Crippen molar-refractivity contribution in [3.63, 3.8) is 0 Å². The molecule has 0 amide bonds. The minimum Gasteiger partial charge on any atom is -0.309 e. The Labute approximate surface area is 348 Å². The molecule has 0 radical (unpaired) electrons.